The Morgan fingerprint density at radius 2 is 1.96 bits per heavy atom. The van der Waals surface area contributed by atoms with Crippen LogP contribution in [0, 0.1) is 11.3 Å². The molecule has 0 radical (unpaired) electrons. The van der Waals surface area contributed by atoms with Crippen molar-refractivity contribution < 1.29 is 14.7 Å². The van der Waals surface area contributed by atoms with Gasteiger partial charge < -0.3 is 5.11 Å². The maximum absolute atomic E-state index is 12.8. The zero-order chi connectivity index (χ0) is 17.0. The lowest BCUT2D eigenvalue weighted by Crippen LogP contribution is -2.53. The van der Waals surface area contributed by atoms with Gasteiger partial charge in [0.1, 0.15) is 0 Å². The number of fused-ring (bicyclic) bond motifs is 3. The Hall–Kier alpha value is -1.64. The van der Waals surface area contributed by atoms with E-state index in [1.54, 1.807) is 0 Å². The number of aliphatic carboxylic acids is 1. The largest absolute Gasteiger partial charge is 0.481 e. The standard InChI is InChI=1S/C20H26O3/c1-12(2)13-6-7-15-14(10-13)16(21)11-17-19(15,3)8-5-9-20(17,4)18(22)23/h6-7,10,12,17H,5,8-9,11H2,1-4H3,(H,22,23)/t17?,19-,20-/m1/s1. The number of ketones is 1. The van der Waals surface area contributed by atoms with Crippen LogP contribution in [0.1, 0.15) is 80.8 Å². The van der Waals surface area contributed by atoms with Gasteiger partial charge >= 0.3 is 5.97 Å². The second-order valence-electron chi connectivity index (χ2n) is 8.13. The molecule has 3 nitrogen and oxygen atoms in total. The minimum atomic E-state index is -0.808. The highest BCUT2D eigenvalue weighted by Gasteiger charge is 2.56. The molecule has 2 aliphatic carbocycles. The molecule has 1 aromatic rings. The first-order chi connectivity index (χ1) is 10.7. The smallest absolute Gasteiger partial charge is 0.309 e. The molecule has 0 heterocycles. The summed E-state index contributed by atoms with van der Waals surface area (Å²) in [7, 11) is 0. The minimum absolute atomic E-state index is 0.111. The fourth-order valence-corrected chi connectivity index (χ4v) is 4.85. The lowest BCUT2D eigenvalue weighted by molar-refractivity contribution is -0.156. The normalized spacial score (nSPS) is 33.3. The Bertz CT molecular complexity index is 675. The van der Waals surface area contributed by atoms with Gasteiger partial charge in [0.05, 0.1) is 5.41 Å². The highest BCUT2D eigenvalue weighted by Crippen LogP contribution is 2.57. The van der Waals surface area contributed by atoms with Crippen LogP contribution in [0.15, 0.2) is 18.2 Å². The number of hydrogen-bond donors (Lipinski definition) is 1. The van der Waals surface area contributed by atoms with E-state index in [2.05, 4.69) is 32.9 Å². The van der Waals surface area contributed by atoms with Gasteiger partial charge in [0.2, 0.25) is 0 Å². The average Bonchev–Trinajstić information content (AvgIpc) is 2.49. The van der Waals surface area contributed by atoms with Gasteiger partial charge in [-0.3, -0.25) is 9.59 Å². The maximum Gasteiger partial charge on any atom is 0.309 e. The first kappa shape index (κ1) is 16.2. The molecule has 0 bridgehead atoms. The molecule has 1 saturated carbocycles. The summed E-state index contributed by atoms with van der Waals surface area (Å²) in [6, 6.07) is 6.23. The van der Waals surface area contributed by atoms with Crippen LogP contribution in [-0.2, 0) is 10.2 Å². The third-order valence-electron chi connectivity index (χ3n) is 6.43. The maximum atomic E-state index is 12.8. The summed E-state index contributed by atoms with van der Waals surface area (Å²) in [5, 5.41) is 9.79. The van der Waals surface area contributed by atoms with Crippen molar-refractivity contribution in [2.45, 2.75) is 64.7 Å². The van der Waals surface area contributed by atoms with Crippen LogP contribution in [0.2, 0.25) is 0 Å². The van der Waals surface area contributed by atoms with Crippen molar-refractivity contribution in [1.29, 1.82) is 0 Å². The van der Waals surface area contributed by atoms with Gasteiger partial charge in [-0.05, 0) is 54.2 Å². The summed E-state index contributed by atoms with van der Waals surface area (Å²) < 4.78 is 0. The first-order valence-electron chi connectivity index (χ1n) is 8.61. The van der Waals surface area contributed by atoms with Crippen LogP contribution in [0.25, 0.3) is 0 Å². The topological polar surface area (TPSA) is 54.4 Å². The Morgan fingerprint density at radius 1 is 1.26 bits per heavy atom. The number of carbonyl (C=O) groups excluding carboxylic acids is 1. The van der Waals surface area contributed by atoms with E-state index in [1.807, 2.05) is 13.0 Å². The molecular formula is C20H26O3. The predicted molar refractivity (Wildman–Crippen MR) is 89.9 cm³/mol. The molecule has 23 heavy (non-hydrogen) atoms. The highest BCUT2D eigenvalue weighted by molar-refractivity contribution is 6.00. The van der Waals surface area contributed by atoms with E-state index in [1.165, 1.54) is 5.56 Å². The summed E-state index contributed by atoms with van der Waals surface area (Å²) in [5.74, 6) is -0.386. The third-order valence-corrected chi connectivity index (χ3v) is 6.43. The highest BCUT2D eigenvalue weighted by atomic mass is 16.4. The Kier molecular flexibility index (Phi) is 3.66. The number of benzene rings is 1. The summed E-state index contributed by atoms with van der Waals surface area (Å²) in [6.45, 7) is 8.25. The second kappa shape index (κ2) is 5.19. The first-order valence-corrected chi connectivity index (χ1v) is 8.61. The molecule has 2 aliphatic rings. The van der Waals surface area contributed by atoms with Crippen molar-refractivity contribution in [1.82, 2.24) is 0 Å². The zero-order valence-electron chi connectivity index (χ0n) is 14.5. The number of Topliss-reactive ketones (excluding diaryl/α,β-unsaturated/α-hetero) is 1. The Labute approximate surface area is 138 Å². The molecule has 3 atom stereocenters. The van der Waals surface area contributed by atoms with Crippen molar-refractivity contribution in [3.05, 3.63) is 34.9 Å². The van der Waals surface area contributed by atoms with E-state index in [4.69, 9.17) is 0 Å². The van der Waals surface area contributed by atoms with Gasteiger partial charge in [0.25, 0.3) is 0 Å². The Morgan fingerprint density at radius 3 is 2.57 bits per heavy atom. The molecule has 3 rings (SSSR count). The summed E-state index contributed by atoms with van der Waals surface area (Å²) in [5.41, 5.74) is 2.04. The van der Waals surface area contributed by atoms with Gasteiger partial charge in [-0.2, -0.15) is 0 Å². The van der Waals surface area contributed by atoms with Crippen LogP contribution < -0.4 is 0 Å². The van der Waals surface area contributed by atoms with E-state index in [0.29, 0.717) is 18.8 Å². The van der Waals surface area contributed by atoms with Crippen LogP contribution in [0.4, 0.5) is 0 Å². The van der Waals surface area contributed by atoms with E-state index in [9.17, 15) is 14.7 Å². The van der Waals surface area contributed by atoms with Crippen molar-refractivity contribution in [2.24, 2.45) is 11.3 Å². The van der Waals surface area contributed by atoms with Gasteiger partial charge in [-0.15, -0.1) is 0 Å². The van der Waals surface area contributed by atoms with E-state index in [-0.39, 0.29) is 17.1 Å². The number of rotatable bonds is 2. The monoisotopic (exact) mass is 314 g/mol. The molecule has 0 spiro atoms. The number of hydrogen-bond acceptors (Lipinski definition) is 2. The number of carbonyl (C=O) groups is 2. The Balaban J connectivity index is 2.16. The lowest BCUT2D eigenvalue weighted by Gasteiger charge is -2.53. The van der Waals surface area contributed by atoms with Gasteiger partial charge in [0.15, 0.2) is 5.78 Å². The van der Waals surface area contributed by atoms with E-state index >= 15 is 0 Å². The fourth-order valence-electron chi connectivity index (χ4n) is 4.85. The molecule has 1 N–H and O–H groups in total. The minimum Gasteiger partial charge on any atom is -0.481 e. The molecule has 3 heteroatoms. The molecule has 0 aromatic heterocycles. The van der Waals surface area contributed by atoms with Gasteiger partial charge in [0, 0.05) is 12.0 Å². The van der Waals surface area contributed by atoms with Crippen molar-refractivity contribution in [2.75, 3.05) is 0 Å². The lowest BCUT2D eigenvalue weighted by atomic mass is 9.49. The molecule has 0 saturated heterocycles. The molecule has 0 aliphatic heterocycles. The second-order valence-corrected chi connectivity index (χ2v) is 8.13. The van der Waals surface area contributed by atoms with Crippen molar-refractivity contribution in [3.63, 3.8) is 0 Å². The van der Waals surface area contributed by atoms with Crippen LogP contribution >= 0.6 is 0 Å². The fraction of sp³-hybridized carbons (Fsp3) is 0.600. The predicted octanol–water partition coefficient (Wildman–Crippen LogP) is 4.55. The quantitative estimate of drug-likeness (QED) is 0.871. The average molecular weight is 314 g/mol. The van der Waals surface area contributed by atoms with Gasteiger partial charge in [-0.1, -0.05) is 39.3 Å². The summed E-state index contributed by atoms with van der Waals surface area (Å²) in [6.07, 6.45) is 2.88. The van der Waals surface area contributed by atoms with Crippen LogP contribution in [0.3, 0.4) is 0 Å². The van der Waals surface area contributed by atoms with E-state index < -0.39 is 11.4 Å². The number of carboxylic acids is 1. The van der Waals surface area contributed by atoms with Crippen LogP contribution in [-0.4, -0.2) is 16.9 Å². The summed E-state index contributed by atoms with van der Waals surface area (Å²) >= 11 is 0. The molecule has 1 unspecified atom stereocenters. The molecule has 1 fully saturated rings. The zero-order valence-corrected chi connectivity index (χ0v) is 14.5. The van der Waals surface area contributed by atoms with Crippen molar-refractivity contribution in [3.8, 4) is 0 Å². The molecular weight excluding hydrogens is 288 g/mol. The number of carboxylic acid groups (broad SMARTS) is 1. The van der Waals surface area contributed by atoms with Crippen LogP contribution in [0.5, 0.6) is 0 Å². The molecule has 0 amide bonds. The van der Waals surface area contributed by atoms with E-state index in [0.717, 1.165) is 24.0 Å². The third kappa shape index (κ3) is 2.24. The molecule has 1 aromatic carbocycles. The van der Waals surface area contributed by atoms with Crippen molar-refractivity contribution >= 4 is 11.8 Å². The summed E-state index contributed by atoms with van der Waals surface area (Å²) in [4.78, 5) is 24.7. The SMILES string of the molecule is CC(C)c1ccc2c(c1)C(=O)CC1[C@](C)(C(=O)O)CCC[C@]21C. The molecule has 124 valence electrons. The van der Waals surface area contributed by atoms with Gasteiger partial charge in [-0.25, -0.2) is 0 Å².